The number of benzene rings is 1. The summed E-state index contributed by atoms with van der Waals surface area (Å²) < 4.78 is 40.2. The van der Waals surface area contributed by atoms with Crippen molar-refractivity contribution in [3.8, 4) is 11.5 Å². The molecule has 1 fully saturated rings. The molecule has 4 nitrogen and oxygen atoms in total. The van der Waals surface area contributed by atoms with Gasteiger partial charge in [0.15, 0.2) is 11.5 Å². The zero-order valence-corrected chi connectivity index (χ0v) is 10.1. The van der Waals surface area contributed by atoms with Gasteiger partial charge in [0.05, 0.1) is 19.3 Å². The Kier molecular flexibility index (Phi) is 3.61. The summed E-state index contributed by atoms with van der Waals surface area (Å²) in [6, 6.07) is 4.71. The van der Waals surface area contributed by atoms with Crippen molar-refractivity contribution in [3.05, 3.63) is 23.8 Å². The maximum Gasteiger partial charge on any atom is 0.586 e. The number of fused-ring (bicyclic) bond motifs is 1. The summed E-state index contributed by atoms with van der Waals surface area (Å²) in [5, 5.41) is 3.19. The van der Waals surface area contributed by atoms with Gasteiger partial charge in [-0.1, -0.05) is 12.1 Å². The van der Waals surface area contributed by atoms with Crippen LogP contribution < -0.4 is 14.8 Å². The van der Waals surface area contributed by atoms with Crippen LogP contribution in [-0.2, 0) is 4.74 Å². The molecule has 100 valence electrons. The largest absolute Gasteiger partial charge is 0.586 e. The third kappa shape index (κ3) is 2.36. The number of morpholine rings is 1. The van der Waals surface area contributed by atoms with Crippen LogP contribution in [0.3, 0.4) is 0 Å². The van der Waals surface area contributed by atoms with Crippen molar-refractivity contribution in [3.63, 3.8) is 0 Å². The fourth-order valence-corrected chi connectivity index (χ4v) is 2.03. The van der Waals surface area contributed by atoms with Crippen LogP contribution in [0.25, 0.3) is 0 Å². The van der Waals surface area contributed by atoms with Gasteiger partial charge in [0.2, 0.25) is 0 Å². The Balaban J connectivity index is 0.00000120. The first-order chi connectivity index (χ1) is 8.16. The van der Waals surface area contributed by atoms with Gasteiger partial charge in [-0.05, 0) is 6.07 Å². The molecule has 3 rings (SSSR count). The number of hydrogen-bond donors (Lipinski definition) is 1. The van der Waals surface area contributed by atoms with Gasteiger partial charge in [0, 0.05) is 12.1 Å². The maximum absolute atomic E-state index is 13.0. The second kappa shape index (κ2) is 4.87. The van der Waals surface area contributed by atoms with Crippen molar-refractivity contribution in [1.29, 1.82) is 0 Å². The standard InChI is InChI=1S/C11H11F2NO3.ClH/c12-11(13)16-9-3-1-2-7(10(9)17-11)8-6-15-5-4-14-8;/h1-3,8,14H,4-6H2;1H/t8-;/m1./s1. The smallest absolute Gasteiger partial charge is 0.395 e. The van der Waals surface area contributed by atoms with Crippen LogP contribution >= 0.6 is 12.4 Å². The van der Waals surface area contributed by atoms with E-state index in [0.717, 1.165) is 0 Å². The van der Waals surface area contributed by atoms with Crippen LogP contribution in [0.2, 0.25) is 0 Å². The van der Waals surface area contributed by atoms with E-state index in [-0.39, 0.29) is 29.9 Å². The maximum atomic E-state index is 13.0. The first kappa shape index (κ1) is 13.3. The highest BCUT2D eigenvalue weighted by atomic mass is 35.5. The molecule has 0 radical (unpaired) electrons. The fraction of sp³-hybridized carbons (Fsp3) is 0.455. The van der Waals surface area contributed by atoms with Crippen LogP contribution in [0.5, 0.6) is 11.5 Å². The molecule has 0 bridgehead atoms. The Morgan fingerprint density at radius 2 is 2.11 bits per heavy atom. The molecule has 2 heterocycles. The van der Waals surface area contributed by atoms with E-state index in [4.69, 9.17) is 4.74 Å². The SMILES string of the molecule is Cl.FC1(F)Oc2cccc([C@H]3COCCN3)c2O1. The predicted octanol–water partition coefficient (Wildman–Crippen LogP) is 2.09. The lowest BCUT2D eigenvalue weighted by Crippen LogP contribution is -2.34. The van der Waals surface area contributed by atoms with Gasteiger partial charge < -0.3 is 19.5 Å². The van der Waals surface area contributed by atoms with Crippen LogP contribution in [0.15, 0.2) is 18.2 Å². The highest BCUT2D eigenvalue weighted by Crippen LogP contribution is 2.45. The molecule has 1 aromatic rings. The van der Waals surface area contributed by atoms with E-state index in [9.17, 15) is 8.78 Å². The van der Waals surface area contributed by atoms with Crippen molar-refractivity contribution in [2.45, 2.75) is 12.3 Å². The Bertz CT molecular complexity index is 438. The van der Waals surface area contributed by atoms with Crippen molar-refractivity contribution >= 4 is 12.4 Å². The molecule has 7 heteroatoms. The molecule has 0 amide bonds. The van der Waals surface area contributed by atoms with Crippen LogP contribution in [0.1, 0.15) is 11.6 Å². The number of alkyl halides is 2. The van der Waals surface area contributed by atoms with Gasteiger partial charge in [-0.2, -0.15) is 0 Å². The molecular weight excluding hydrogens is 268 g/mol. The minimum absolute atomic E-state index is 0. The summed E-state index contributed by atoms with van der Waals surface area (Å²) in [4.78, 5) is 0. The highest BCUT2D eigenvalue weighted by Gasteiger charge is 2.45. The number of ether oxygens (including phenoxy) is 3. The van der Waals surface area contributed by atoms with Crippen molar-refractivity contribution in [2.24, 2.45) is 0 Å². The summed E-state index contributed by atoms with van der Waals surface area (Å²) in [5.74, 6) is 0.167. The summed E-state index contributed by atoms with van der Waals surface area (Å²) in [6.07, 6.45) is -3.58. The second-order valence-electron chi connectivity index (χ2n) is 3.92. The van der Waals surface area contributed by atoms with E-state index in [2.05, 4.69) is 14.8 Å². The van der Waals surface area contributed by atoms with E-state index in [0.29, 0.717) is 25.3 Å². The van der Waals surface area contributed by atoms with Crippen molar-refractivity contribution in [2.75, 3.05) is 19.8 Å². The van der Waals surface area contributed by atoms with Gasteiger partial charge in [-0.25, -0.2) is 0 Å². The predicted molar refractivity (Wildman–Crippen MR) is 61.5 cm³/mol. The molecule has 0 spiro atoms. The monoisotopic (exact) mass is 279 g/mol. The minimum Gasteiger partial charge on any atom is -0.395 e. The molecule has 1 saturated heterocycles. The Hall–Kier alpha value is -1.11. The minimum atomic E-state index is -3.58. The highest BCUT2D eigenvalue weighted by molar-refractivity contribution is 5.85. The molecule has 0 saturated carbocycles. The van der Waals surface area contributed by atoms with E-state index in [1.807, 2.05) is 0 Å². The molecule has 2 aliphatic heterocycles. The lowest BCUT2D eigenvalue weighted by Gasteiger charge is -2.24. The van der Waals surface area contributed by atoms with E-state index < -0.39 is 6.29 Å². The second-order valence-corrected chi connectivity index (χ2v) is 3.92. The molecule has 2 aliphatic rings. The summed E-state index contributed by atoms with van der Waals surface area (Å²) in [5.41, 5.74) is 0.638. The van der Waals surface area contributed by atoms with Gasteiger partial charge in [0.25, 0.3) is 0 Å². The molecular formula is C11H12ClF2NO3. The first-order valence-corrected chi connectivity index (χ1v) is 5.35. The zero-order chi connectivity index (χ0) is 11.9. The molecule has 1 N–H and O–H groups in total. The molecule has 0 unspecified atom stereocenters. The zero-order valence-electron chi connectivity index (χ0n) is 9.32. The van der Waals surface area contributed by atoms with Crippen LogP contribution in [0.4, 0.5) is 8.78 Å². The fourth-order valence-electron chi connectivity index (χ4n) is 2.03. The molecule has 1 atom stereocenters. The van der Waals surface area contributed by atoms with Crippen molar-refractivity contribution in [1.82, 2.24) is 5.32 Å². The molecule has 0 aromatic heterocycles. The van der Waals surface area contributed by atoms with E-state index in [1.54, 1.807) is 12.1 Å². The Labute approximate surface area is 109 Å². The average Bonchev–Trinajstić information content (AvgIpc) is 2.63. The third-order valence-corrected chi connectivity index (χ3v) is 2.76. The number of nitrogens with one attached hydrogen (secondary N) is 1. The van der Waals surface area contributed by atoms with Gasteiger partial charge in [-0.15, -0.1) is 21.2 Å². The normalized spacial score (nSPS) is 24.4. The van der Waals surface area contributed by atoms with E-state index >= 15 is 0 Å². The molecule has 0 aliphatic carbocycles. The number of halogens is 3. The summed E-state index contributed by atoms with van der Waals surface area (Å²) in [7, 11) is 0. The lowest BCUT2D eigenvalue weighted by molar-refractivity contribution is -0.287. The number of para-hydroxylation sites is 1. The first-order valence-electron chi connectivity index (χ1n) is 5.35. The van der Waals surface area contributed by atoms with Gasteiger partial charge in [0.1, 0.15) is 0 Å². The number of hydrogen-bond acceptors (Lipinski definition) is 4. The van der Waals surface area contributed by atoms with Crippen LogP contribution in [-0.4, -0.2) is 26.1 Å². The summed E-state index contributed by atoms with van der Waals surface area (Å²) >= 11 is 0. The van der Waals surface area contributed by atoms with Crippen LogP contribution in [0, 0.1) is 0 Å². The lowest BCUT2D eigenvalue weighted by atomic mass is 10.1. The van der Waals surface area contributed by atoms with Gasteiger partial charge in [-0.3, -0.25) is 0 Å². The van der Waals surface area contributed by atoms with E-state index in [1.165, 1.54) is 6.07 Å². The Morgan fingerprint density at radius 3 is 2.83 bits per heavy atom. The molecule has 18 heavy (non-hydrogen) atoms. The molecule has 1 aromatic carbocycles. The quantitative estimate of drug-likeness (QED) is 0.854. The third-order valence-electron chi connectivity index (χ3n) is 2.76. The average molecular weight is 280 g/mol. The number of rotatable bonds is 1. The van der Waals surface area contributed by atoms with Crippen molar-refractivity contribution < 1.29 is 23.0 Å². The topological polar surface area (TPSA) is 39.7 Å². The van der Waals surface area contributed by atoms with Gasteiger partial charge >= 0.3 is 6.29 Å². The Morgan fingerprint density at radius 1 is 1.28 bits per heavy atom. The summed E-state index contributed by atoms with van der Waals surface area (Å²) in [6.45, 7) is 1.75.